The van der Waals surface area contributed by atoms with Gasteiger partial charge in [0.05, 0.1) is 0 Å². The summed E-state index contributed by atoms with van der Waals surface area (Å²) < 4.78 is 0. The number of nitrogens with one attached hydrogen (secondary N) is 1. The molecule has 0 aliphatic carbocycles. The van der Waals surface area contributed by atoms with Crippen LogP contribution in [0.1, 0.15) is 47.5 Å². The maximum absolute atomic E-state index is 3.52. The van der Waals surface area contributed by atoms with Gasteiger partial charge in [-0.05, 0) is 56.3 Å². The molecule has 0 bridgehead atoms. The zero-order valence-corrected chi connectivity index (χ0v) is 12.6. The van der Waals surface area contributed by atoms with Gasteiger partial charge in [0.15, 0.2) is 0 Å². The molecule has 0 saturated carbocycles. The van der Waals surface area contributed by atoms with E-state index >= 15 is 0 Å². The molecule has 0 aromatic rings. The van der Waals surface area contributed by atoms with E-state index in [-0.39, 0.29) is 0 Å². The summed E-state index contributed by atoms with van der Waals surface area (Å²) in [7, 11) is 0. The van der Waals surface area contributed by atoms with Crippen molar-refractivity contribution in [2.45, 2.75) is 47.5 Å². The fourth-order valence-electron chi connectivity index (χ4n) is 2.56. The number of likely N-dealkylation sites (tertiary alicyclic amines) is 1. The lowest BCUT2D eigenvalue weighted by Gasteiger charge is -2.27. The van der Waals surface area contributed by atoms with Crippen LogP contribution in [-0.2, 0) is 0 Å². The molecule has 2 nitrogen and oxygen atoms in total. The number of hydrogen-bond donors (Lipinski definition) is 1. The van der Waals surface area contributed by atoms with Gasteiger partial charge in [-0.3, -0.25) is 0 Å². The summed E-state index contributed by atoms with van der Waals surface area (Å²) in [6, 6.07) is 0. The van der Waals surface area contributed by atoms with Gasteiger partial charge in [-0.15, -0.1) is 0 Å². The van der Waals surface area contributed by atoms with Gasteiger partial charge in [0.25, 0.3) is 0 Å². The summed E-state index contributed by atoms with van der Waals surface area (Å²) in [6.45, 7) is 17.9. The molecule has 1 atom stereocenters. The molecule has 1 aliphatic rings. The van der Waals surface area contributed by atoms with E-state index in [4.69, 9.17) is 0 Å². The Morgan fingerprint density at radius 2 is 2.00 bits per heavy atom. The average molecular weight is 240 g/mol. The summed E-state index contributed by atoms with van der Waals surface area (Å²) in [6.07, 6.45) is 2.69. The molecular formula is C15H32N2. The maximum atomic E-state index is 3.52. The van der Waals surface area contributed by atoms with Crippen LogP contribution in [0.5, 0.6) is 0 Å². The van der Waals surface area contributed by atoms with Gasteiger partial charge >= 0.3 is 0 Å². The lowest BCUT2D eigenvalue weighted by molar-refractivity contribution is 0.228. The molecule has 2 heteroatoms. The van der Waals surface area contributed by atoms with Crippen molar-refractivity contribution in [2.75, 3.05) is 32.7 Å². The maximum Gasteiger partial charge on any atom is 0.00151 e. The molecule has 102 valence electrons. The smallest absolute Gasteiger partial charge is 0.00151 e. The van der Waals surface area contributed by atoms with Crippen molar-refractivity contribution in [1.82, 2.24) is 10.2 Å². The monoisotopic (exact) mass is 240 g/mol. The lowest BCUT2D eigenvalue weighted by atomic mass is 9.80. The van der Waals surface area contributed by atoms with Gasteiger partial charge in [-0.25, -0.2) is 0 Å². The molecule has 0 aromatic carbocycles. The minimum absolute atomic E-state index is 0.491. The van der Waals surface area contributed by atoms with Crippen LogP contribution in [0, 0.1) is 17.3 Å². The summed E-state index contributed by atoms with van der Waals surface area (Å²) in [4.78, 5) is 2.65. The minimum Gasteiger partial charge on any atom is -0.316 e. The van der Waals surface area contributed by atoms with E-state index in [1.807, 2.05) is 0 Å². The highest BCUT2D eigenvalue weighted by Gasteiger charge is 2.31. The first-order valence-corrected chi connectivity index (χ1v) is 7.32. The van der Waals surface area contributed by atoms with Crippen molar-refractivity contribution in [3.63, 3.8) is 0 Å². The van der Waals surface area contributed by atoms with E-state index in [0.29, 0.717) is 5.41 Å². The third kappa shape index (κ3) is 5.87. The Bertz CT molecular complexity index is 205. The second-order valence-electron chi connectivity index (χ2n) is 7.10. The molecular weight excluding hydrogens is 208 g/mol. The Labute approximate surface area is 108 Å². The van der Waals surface area contributed by atoms with Gasteiger partial charge in [0, 0.05) is 6.54 Å². The van der Waals surface area contributed by atoms with Crippen LogP contribution >= 0.6 is 0 Å². The SMILES string of the molecule is CC(C)CNCCCN1CCC(C(C)(C)C)C1. The van der Waals surface area contributed by atoms with Crippen LogP contribution in [0.25, 0.3) is 0 Å². The van der Waals surface area contributed by atoms with Gasteiger partial charge < -0.3 is 10.2 Å². The highest BCUT2D eigenvalue weighted by Crippen LogP contribution is 2.33. The van der Waals surface area contributed by atoms with Crippen molar-refractivity contribution in [3.05, 3.63) is 0 Å². The summed E-state index contributed by atoms with van der Waals surface area (Å²) in [5.74, 6) is 1.66. The first-order chi connectivity index (χ1) is 7.89. The molecule has 1 aliphatic heterocycles. The molecule has 0 amide bonds. The van der Waals surface area contributed by atoms with E-state index in [0.717, 1.165) is 18.4 Å². The minimum atomic E-state index is 0.491. The Balaban J connectivity index is 2.06. The Hall–Kier alpha value is -0.0800. The summed E-state index contributed by atoms with van der Waals surface area (Å²) in [5, 5.41) is 3.52. The van der Waals surface area contributed by atoms with Crippen molar-refractivity contribution in [3.8, 4) is 0 Å². The van der Waals surface area contributed by atoms with E-state index in [2.05, 4.69) is 44.8 Å². The molecule has 0 radical (unpaired) electrons. The fourth-order valence-corrected chi connectivity index (χ4v) is 2.56. The molecule has 1 saturated heterocycles. The van der Waals surface area contributed by atoms with E-state index < -0.39 is 0 Å². The third-order valence-corrected chi connectivity index (χ3v) is 3.88. The van der Waals surface area contributed by atoms with Gasteiger partial charge in [-0.2, -0.15) is 0 Å². The molecule has 17 heavy (non-hydrogen) atoms. The second-order valence-corrected chi connectivity index (χ2v) is 7.10. The lowest BCUT2D eigenvalue weighted by Crippen LogP contribution is -2.29. The van der Waals surface area contributed by atoms with Crippen molar-refractivity contribution in [1.29, 1.82) is 0 Å². The van der Waals surface area contributed by atoms with Crippen LogP contribution in [0.4, 0.5) is 0 Å². The standard InChI is InChI=1S/C15H32N2/c1-13(2)11-16-8-6-9-17-10-7-14(12-17)15(3,4)5/h13-14,16H,6-12H2,1-5H3. The molecule has 1 heterocycles. The van der Waals surface area contributed by atoms with Gasteiger partial charge in [0.2, 0.25) is 0 Å². The van der Waals surface area contributed by atoms with Gasteiger partial charge in [-0.1, -0.05) is 34.6 Å². The first kappa shape index (κ1) is 15.0. The zero-order chi connectivity index (χ0) is 12.9. The van der Waals surface area contributed by atoms with Crippen LogP contribution in [0.2, 0.25) is 0 Å². The predicted octanol–water partition coefficient (Wildman–Crippen LogP) is 2.99. The average Bonchev–Trinajstić information content (AvgIpc) is 2.64. The first-order valence-electron chi connectivity index (χ1n) is 7.32. The number of nitrogens with zero attached hydrogens (tertiary/aromatic N) is 1. The third-order valence-electron chi connectivity index (χ3n) is 3.88. The van der Waals surface area contributed by atoms with Crippen LogP contribution in [-0.4, -0.2) is 37.6 Å². The summed E-state index contributed by atoms with van der Waals surface area (Å²) >= 11 is 0. The highest BCUT2D eigenvalue weighted by molar-refractivity contribution is 4.83. The van der Waals surface area contributed by atoms with E-state index in [1.54, 1.807) is 0 Å². The predicted molar refractivity (Wildman–Crippen MR) is 76.3 cm³/mol. The quantitative estimate of drug-likeness (QED) is 0.718. The molecule has 1 rings (SSSR count). The Morgan fingerprint density at radius 1 is 1.29 bits per heavy atom. The van der Waals surface area contributed by atoms with Crippen LogP contribution in [0.15, 0.2) is 0 Å². The molecule has 1 N–H and O–H groups in total. The van der Waals surface area contributed by atoms with Gasteiger partial charge in [0.1, 0.15) is 0 Å². The van der Waals surface area contributed by atoms with Crippen molar-refractivity contribution in [2.24, 2.45) is 17.3 Å². The number of rotatable bonds is 6. The Morgan fingerprint density at radius 3 is 2.53 bits per heavy atom. The van der Waals surface area contributed by atoms with E-state index in [9.17, 15) is 0 Å². The van der Waals surface area contributed by atoms with Crippen molar-refractivity contribution >= 4 is 0 Å². The fraction of sp³-hybridized carbons (Fsp3) is 1.00. The molecule has 0 spiro atoms. The van der Waals surface area contributed by atoms with Crippen LogP contribution in [0.3, 0.4) is 0 Å². The van der Waals surface area contributed by atoms with Crippen molar-refractivity contribution < 1.29 is 0 Å². The zero-order valence-electron chi connectivity index (χ0n) is 12.6. The topological polar surface area (TPSA) is 15.3 Å². The molecule has 1 fully saturated rings. The molecule has 1 unspecified atom stereocenters. The number of hydrogen-bond acceptors (Lipinski definition) is 2. The Kier molecular flexibility index (Phi) is 5.94. The second kappa shape index (κ2) is 6.75. The van der Waals surface area contributed by atoms with E-state index in [1.165, 1.54) is 39.0 Å². The summed E-state index contributed by atoms with van der Waals surface area (Å²) in [5.41, 5.74) is 0.491. The normalized spacial score (nSPS) is 22.6. The molecule has 0 aromatic heterocycles. The van der Waals surface area contributed by atoms with Crippen LogP contribution < -0.4 is 5.32 Å². The largest absolute Gasteiger partial charge is 0.316 e. The highest BCUT2D eigenvalue weighted by atomic mass is 15.1.